The molecule has 0 saturated carbocycles. The van der Waals surface area contributed by atoms with Crippen molar-refractivity contribution in [3.05, 3.63) is 10.4 Å². The zero-order chi connectivity index (χ0) is 88.5. The summed E-state index contributed by atoms with van der Waals surface area (Å²) in [5.41, 5.74) is 8.56. The van der Waals surface area contributed by atoms with Crippen molar-refractivity contribution < 1.29 is 200 Å². The molecule has 5 saturated heterocycles. The van der Waals surface area contributed by atoms with Crippen LogP contribution in [-0.2, 0) is 200 Å². The number of hydrogen-bond acceptors (Lipinski definition) is 43. The molecule has 0 aromatic heterocycles. The van der Waals surface area contributed by atoms with E-state index in [-0.39, 0.29) is 6.61 Å². The van der Waals surface area contributed by atoms with Crippen LogP contribution in [-0.4, -0.2) is 295 Å². The highest BCUT2D eigenvalue weighted by atomic mass is 16.8. The molecule has 5 aliphatic rings. The van der Waals surface area contributed by atoms with Crippen LogP contribution in [0.4, 0.5) is 0 Å². The molecule has 45 heteroatoms. The smallest absolute Gasteiger partial charge is 0.303 e. The van der Waals surface area contributed by atoms with E-state index in [9.17, 15) is 76.7 Å². The summed E-state index contributed by atoms with van der Waals surface area (Å²) < 4.78 is 157. The molecule has 0 N–H and O–H groups in total. The molecular weight excluding hydrogens is 1600 g/mol. The minimum Gasteiger partial charge on any atom is -0.463 e. The second-order valence-electron chi connectivity index (χ2n) is 27.8. The van der Waals surface area contributed by atoms with Crippen molar-refractivity contribution >= 4 is 95.5 Å². The fourth-order valence-corrected chi connectivity index (χ4v) is 13.4. The zero-order valence-corrected chi connectivity index (χ0v) is 68.9. The predicted molar refractivity (Wildman–Crippen MR) is 383 cm³/mol. The third-order valence-electron chi connectivity index (χ3n) is 17.7. The SMILES string of the molecule is CC(=O)OC[C@H]1O[C@H](O[C@@H]2[C@H](OC(C)=O)[C@@H](O[C@@H]3[C@H](OC(C)=O)[C@@H](O[C@@H]4[C@H](OC(C)=O)[C@@H](O[C@@H]5[C@@H](OCCCCCCCCCCCCN=[N+]=[N-])O[C@H](COC(C)=O)[C@@H](OC(C)=O)[C@@H]5OC(C)=O)O[C@H](COC(C)=O)[C@H]4OC(C)=O)O[C@H](COC(C)=O)[C@H]3OC(C)=O)O[C@H](COC(C)=O)[C@H]2OC(C)=O)[C@@H](OC(C)=O)[C@@H](OC(C)=O)[C@@H]1OC(C)=O. The molecule has 0 amide bonds. The van der Waals surface area contributed by atoms with Crippen LogP contribution in [0.5, 0.6) is 0 Å². The Balaban J connectivity index is 1.80. The Morgan fingerprint density at radius 3 is 0.672 bits per heavy atom. The van der Waals surface area contributed by atoms with Crippen LogP contribution in [0, 0.1) is 0 Å². The number of carbonyl (C=O) groups excluding carboxylic acids is 16. The van der Waals surface area contributed by atoms with Crippen LogP contribution >= 0.6 is 0 Å². The number of esters is 16. The van der Waals surface area contributed by atoms with Crippen LogP contribution in [0.25, 0.3) is 10.4 Å². The standard InChI is InChI=1S/C74H107N3O42/c1-34(78)95-29-50-55(100-39(6)83)60(105-44(11)88)65(70(111-50)94-28-26-24-22-20-18-17-19-21-23-25-27-76-77-75)119-74-69(110-49(16)93)64(59(104-43(10)87)54(115-74)33-99-38(5)82)118-73-68(109-48(15)92)63(58(103-42(9)86)53(114-73)32-98-37(4)81)117-72-67(108-47(14)91)62(57(102-41(8)85)52(113-72)31-97-36(3)80)116-71-66(107-46(13)90)61(106-45(12)89)56(101-40(7)84)51(112-71)30-96-35(2)79/h50-74H,17-33H2,1-16H3/t50-,51-,52-,53-,54-,55-,56-,57-,58-,59-,60+,61+,62+,63+,64+,65+,66+,67+,68+,69+,70+,71-,72-,73-,74-/m1/s1. The van der Waals surface area contributed by atoms with Gasteiger partial charge >= 0.3 is 95.5 Å². The summed E-state index contributed by atoms with van der Waals surface area (Å²) in [5, 5.41) is 3.56. The summed E-state index contributed by atoms with van der Waals surface area (Å²) in [6.45, 7) is 10.7. The van der Waals surface area contributed by atoms with E-state index in [0.29, 0.717) is 19.4 Å². The monoisotopic (exact) mass is 1710 g/mol. The van der Waals surface area contributed by atoms with E-state index in [2.05, 4.69) is 10.0 Å². The first-order valence-electron chi connectivity index (χ1n) is 38.3. The highest BCUT2D eigenvalue weighted by molar-refractivity contribution is 5.72. The molecule has 0 unspecified atom stereocenters. The first kappa shape index (κ1) is 100.0. The molecule has 0 spiro atoms. The van der Waals surface area contributed by atoms with Crippen molar-refractivity contribution in [2.24, 2.45) is 5.11 Å². The molecule has 119 heavy (non-hydrogen) atoms. The molecule has 25 atom stereocenters. The minimum absolute atomic E-state index is 0.138. The van der Waals surface area contributed by atoms with Crippen molar-refractivity contribution in [1.29, 1.82) is 0 Å². The molecule has 0 aromatic carbocycles. The van der Waals surface area contributed by atoms with Crippen molar-refractivity contribution in [3.8, 4) is 0 Å². The Labute approximate surface area is 683 Å². The Morgan fingerprint density at radius 2 is 0.429 bits per heavy atom. The van der Waals surface area contributed by atoms with Gasteiger partial charge in [0.25, 0.3) is 0 Å². The number of carbonyl (C=O) groups is 16. The maximum absolute atomic E-state index is 14.0. The molecule has 0 bridgehead atoms. The summed E-state index contributed by atoms with van der Waals surface area (Å²) in [6.07, 6.45) is -43.8. The molecule has 45 nitrogen and oxygen atoms in total. The Kier molecular flexibility index (Phi) is 41.9. The Hall–Kier alpha value is -9.57. The second-order valence-corrected chi connectivity index (χ2v) is 27.8. The number of unbranched alkanes of at least 4 members (excludes halogenated alkanes) is 9. The summed E-state index contributed by atoms with van der Waals surface area (Å²) in [4.78, 5) is 214. The largest absolute Gasteiger partial charge is 0.463 e. The van der Waals surface area contributed by atoms with E-state index < -0.39 is 282 Å². The Morgan fingerprint density at radius 1 is 0.235 bits per heavy atom. The van der Waals surface area contributed by atoms with Crippen LogP contribution in [0.1, 0.15) is 175 Å². The van der Waals surface area contributed by atoms with Crippen LogP contribution in [0.2, 0.25) is 0 Å². The quantitative estimate of drug-likeness (QED) is 0.0211. The van der Waals surface area contributed by atoms with E-state index in [1.54, 1.807) is 0 Å². The molecule has 5 fully saturated rings. The second kappa shape index (κ2) is 49.9. The molecule has 5 aliphatic heterocycles. The van der Waals surface area contributed by atoms with Crippen molar-refractivity contribution in [2.45, 2.75) is 329 Å². The Bertz CT molecular complexity index is 3520. The van der Waals surface area contributed by atoms with Crippen molar-refractivity contribution in [1.82, 2.24) is 0 Å². The van der Waals surface area contributed by atoms with E-state index in [4.69, 9.17) is 129 Å². The van der Waals surface area contributed by atoms with Crippen LogP contribution < -0.4 is 0 Å². The maximum atomic E-state index is 14.0. The lowest BCUT2D eigenvalue weighted by Gasteiger charge is -2.51. The number of hydrogen-bond donors (Lipinski definition) is 0. The fraction of sp³-hybridized carbons (Fsp3) is 0.784. The van der Waals surface area contributed by atoms with E-state index in [1.807, 2.05) is 0 Å². The van der Waals surface area contributed by atoms with E-state index in [0.717, 1.165) is 162 Å². The van der Waals surface area contributed by atoms with Gasteiger partial charge in [0, 0.05) is 129 Å². The third kappa shape index (κ3) is 33.5. The van der Waals surface area contributed by atoms with Crippen molar-refractivity contribution in [3.63, 3.8) is 0 Å². The maximum Gasteiger partial charge on any atom is 0.303 e. The number of ether oxygens (including phenoxy) is 26. The van der Waals surface area contributed by atoms with Gasteiger partial charge in [0.1, 0.15) is 81.9 Å². The molecule has 670 valence electrons. The first-order valence-corrected chi connectivity index (χ1v) is 38.3. The first-order chi connectivity index (χ1) is 56.2. The molecule has 0 aliphatic carbocycles. The lowest BCUT2D eigenvalue weighted by Crippen LogP contribution is -2.70. The van der Waals surface area contributed by atoms with Gasteiger partial charge < -0.3 is 123 Å². The van der Waals surface area contributed by atoms with Gasteiger partial charge in [-0.3, -0.25) is 76.7 Å². The molecule has 5 heterocycles. The minimum atomic E-state index is -2.45. The van der Waals surface area contributed by atoms with Gasteiger partial charge in [-0.25, -0.2) is 0 Å². The van der Waals surface area contributed by atoms with E-state index >= 15 is 0 Å². The lowest BCUT2D eigenvalue weighted by molar-refractivity contribution is -0.397. The van der Waals surface area contributed by atoms with Gasteiger partial charge in [-0.05, 0) is 18.4 Å². The van der Waals surface area contributed by atoms with Crippen LogP contribution in [0.3, 0.4) is 0 Å². The summed E-state index contributed by atoms with van der Waals surface area (Å²) in [6, 6.07) is 0. The molecule has 0 aromatic rings. The number of nitrogens with zero attached hydrogens (tertiary/aromatic N) is 3. The average Bonchev–Trinajstić information content (AvgIpc) is 0.754. The fourth-order valence-electron chi connectivity index (χ4n) is 13.4. The lowest BCUT2D eigenvalue weighted by atomic mass is 9.94. The molecule has 0 radical (unpaired) electrons. The van der Waals surface area contributed by atoms with Crippen molar-refractivity contribution in [2.75, 3.05) is 46.2 Å². The van der Waals surface area contributed by atoms with Gasteiger partial charge in [0.05, 0.1) is 0 Å². The third-order valence-corrected chi connectivity index (χ3v) is 17.7. The van der Waals surface area contributed by atoms with Gasteiger partial charge in [-0.1, -0.05) is 56.5 Å². The summed E-state index contributed by atoms with van der Waals surface area (Å²) >= 11 is 0. The number of rotatable bonds is 43. The molecular formula is C74H107N3O42. The average molecular weight is 1710 g/mol. The highest BCUT2D eigenvalue weighted by Gasteiger charge is 2.63. The van der Waals surface area contributed by atoms with E-state index in [1.165, 1.54) is 0 Å². The topological polar surface area (TPSA) is 562 Å². The van der Waals surface area contributed by atoms with Gasteiger partial charge in [0.15, 0.2) is 105 Å². The number of azide groups is 1. The normalized spacial score (nSPS) is 30.2. The zero-order valence-electron chi connectivity index (χ0n) is 68.9. The van der Waals surface area contributed by atoms with Crippen LogP contribution in [0.15, 0.2) is 5.11 Å². The van der Waals surface area contributed by atoms with Gasteiger partial charge in [-0.2, -0.15) is 0 Å². The van der Waals surface area contributed by atoms with Gasteiger partial charge in [-0.15, -0.1) is 0 Å². The summed E-state index contributed by atoms with van der Waals surface area (Å²) in [5.74, 6) is -17.4. The van der Waals surface area contributed by atoms with Gasteiger partial charge in [0.2, 0.25) is 0 Å². The predicted octanol–water partition coefficient (Wildman–Crippen LogP) is 2.44. The highest BCUT2D eigenvalue weighted by Crippen LogP contribution is 2.42. The molecule has 5 rings (SSSR count). The summed E-state index contributed by atoms with van der Waals surface area (Å²) in [7, 11) is 0.